The Bertz CT molecular complexity index is 3100. The van der Waals surface area contributed by atoms with Crippen LogP contribution >= 0.6 is 0 Å². The van der Waals surface area contributed by atoms with Crippen LogP contribution in [-0.4, -0.2) is 6.71 Å². The maximum atomic E-state index is 2.51. The van der Waals surface area contributed by atoms with Gasteiger partial charge in [-0.3, -0.25) is 0 Å². The Morgan fingerprint density at radius 1 is 0.333 bits per heavy atom. The molecule has 0 saturated carbocycles. The highest BCUT2D eigenvalue weighted by Crippen LogP contribution is 2.47. The monoisotopic (exact) mass is 851 g/mol. The van der Waals surface area contributed by atoms with E-state index in [9.17, 15) is 0 Å². The van der Waals surface area contributed by atoms with Gasteiger partial charge in [-0.25, -0.2) is 0 Å². The summed E-state index contributed by atoms with van der Waals surface area (Å²) in [7, 11) is 0. The Labute approximate surface area is 391 Å². The van der Waals surface area contributed by atoms with Gasteiger partial charge in [-0.1, -0.05) is 181 Å². The summed E-state index contributed by atoms with van der Waals surface area (Å²) in [6, 6.07) is 80.8. The number of rotatable bonds is 7. The zero-order valence-corrected chi connectivity index (χ0v) is 38.7. The van der Waals surface area contributed by atoms with Crippen LogP contribution in [0.25, 0.3) is 22.3 Å². The van der Waals surface area contributed by atoms with Gasteiger partial charge in [-0.2, -0.15) is 0 Å². The Hall–Kier alpha value is -7.56. The first kappa shape index (κ1) is 41.2. The van der Waals surface area contributed by atoms with Gasteiger partial charge in [0.15, 0.2) is 0 Å². The van der Waals surface area contributed by atoms with E-state index in [1.165, 1.54) is 78.2 Å². The summed E-state index contributed by atoms with van der Waals surface area (Å²) in [5.74, 6) is 0. The van der Waals surface area contributed by atoms with Crippen molar-refractivity contribution in [2.45, 2.75) is 52.4 Å². The smallest absolute Gasteiger partial charge is 0.252 e. The minimum atomic E-state index is -0.0297. The Morgan fingerprint density at radius 2 is 0.788 bits per heavy atom. The van der Waals surface area contributed by atoms with E-state index in [2.05, 4.69) is 275 Å². The van der Waals surface area contributed by atoms with Crippen LogP contribution in [-0.2, 0) is 10.8 Å². The SMILES string of the molecule is CC(C)(C)c1ccc(N2c3ccc(C(C)(C)C)cc3B3c4ccc(N(c5ccc(-c6ccccc6)cc5)c5ccc(-c6ccccc6)cc5)cc4N(c4ccccc4)c4cccc2c43)cc1. The van der Waals surface area contributed by atoms with Gasteiger partial charge in [0.25, 0.3) is 6.71 Å². The van der Waals surface area contributed by atoms with Gasteiger partial charge in [0, 0.05) is 51.2 Å². The lowest BCUT2D eigenvalue weighted by Crippen LogP contribution is -2.61. The molecule has 0 fully saturated rings. The van der Waals surface area contributed by atoms with Gasteiger partial charge < -0.3 is 14.7 Å². The third-order valence-electron chi connectivity index (χ3n) is 13.6. The van der Waals surface area contributed by atoms with Crippen molar-refractivity contribution in [1.82, 2.24) is 0 Å². The maximum Gasteiger partial charge on any atom is 0.252 e. The van der Waals surface area contributed by atoms with Crippen LogP contribution in [0.5, 0.6) is 0 Å². The van der Waals surface area contributed by atoms with E-state index in [0.29, 0.717) is 0 Å². The van der Waals surface area contributed by atoms with E-state index in [1.54, 1.807) is 0 Å². The van der Waals surface area contributed by atoms with Crippen molar-refractivity contribution in [2.75, 3.05) is 14.7 Å². The van der Waals surface area contributed by atoms with Gasteiger partial charge in [-0.05, 0) is 139 Å². The van der Waals surface area contributed by atoms with Crippen molar-refractivity contribution in [3.8, 4) is 22.3 Å². The Morgan fingerprint density at radius 3 is 1.32 bits per heavy atom. The van der Waals surface area contributed by atoms with Crippen LogP contribution in [0.4, 0.5) is 51.2 Å². The average Bonchev–Trinajstić information content (AvgIpc) is 3.34. The van der Waals surface area contributed by atoms with E-state index < -0.39 is 0 Å². The molecule has 0 amide bonds. The van der Waals surface area contributed by atoms with Gasteiger partial charge in [0.1, 0.15) is 0 Å². The molecule has 320 valence electrons. The van der Waals surface area contributed by atoms with E-state index in [0.717, 1.165) is 22.7 Å². The molecule has 0 aromatic heterocycles. The normalized spacial score (nSPS) is 12.9. The van der Waals surface area contributed by atoms with Crippen LogP contribution in [0, 0.1) is 0 Å². The van der Waals surface area contributed by atoms with E-state index in [4.69, 9.17) is 0 Å². The number of nitrogens with zero attached hydrogens (tertiary/aromatic N) is 3. The molecule has 11 rings (SSSR count). The summed E-state index contributed by atoms with van der Waals surface area (Å²) in [6.07, 6.45) is 0. The molecular formula is C62H54BN3. The zero-order chi connectivity index (χ0) is 45.2. The molecular weight excluding hydrogens is 798 g/mol. The molecule has 0 radical (unpaired) electrons. The molecule has 0 bridgehead atoms. The fraction of sp³-hybridized carbons (Fsp3) is 0.129. The van der Waals surface area contributed by atoms with Crippen LogP contribution in [0.2, 0.25) is 0 Å². The van der Waals surface area contributed by atoms with Crippen molar-refractivity contribution in [3.05, 3.63) is 230 Å². The minimum absolute atomic E-state index is 0.00590. The molecule has 66 heavy (non-hydrogen) atoms. The van der Waals surface area contributed by atoms with Crippen molar-refractivity contribution >= 4 is 74.3 Å². The third-order valence-corrected chi connectivity index (χ3v) is 13.6. The molecule has 0 N–H and O–H groups in total. The second-order valence-electron chi connectivity index (χ2n) is 19.9. The highest BCUT2D eigenvalue weighted by Gasteiger charge is 2.44. The number of anilines is 9. The summed E-state index contributed by atoms with van der Waals surface area (Å²) in [4.78, 5) is 7.42. The zero-order valence-electron chi connectivity index (χ0n) is 38.7. The van der Waals surface area contributed by atoms with Crippen molar-refractivity contribution < 1.29 is 0 Å². The number of fused-ring (bicyclic) bond motifs is 4. The number of benzene rings is 9. The molecule has 9 aromatic rings. The minimum Gasteiger partial charge on any atom is -0.311 e. The molecule has 2 aliphatic rings. The quantitative estimate of drug-likeness (QED) is 0.148. The Balaban J connectivity index is 1.12. The largest absolute Gasteiger partial charge is 0.311 e. The molecule has 0 atom stereocenters. The van der Waals surface area contributed by atoms with Crippen molar-refractivity contribution in [3.63, 3.8) is 0 Å². The van der Waals surface area contributed by atoms with E-state index >= 15 is 0 Å². The van der Waals surface area contributed by atoms with E-state index in [1.807, 2.05) is 0 Å². The fourth-order valence-electron chi connectivity index (χ4n) is 10.1. The molecule has 0 aliphatic carbocycles. The summed E-state index contributed by atoms with van der Waals surface area (Å²) in [5, 5.41) is 0. The standard InChI is InChI=1S/C62H54BN3/c1-61(2,3)47-29-36-52(37-30-47)65-56-40-31-48(62(4,5)6)41-55(56)63-54-39-38-53(42-59(54)66(49-21-14-9-15-22-49)58-24-16-23-57(65)60(58)63)64(50-32-25-45(26-33-50)43-17-10-7-11-18-43)51-34-27-46(28-35-51)44-19-12-8-13-20-44/h7-42H,1-6H3. The average molecular weight is 852 g/mol. The first-order chi connectivity index (χ1) is 32.0. The number of hydrogen-bond donors (Lipinski definition) is 0. The first-order valence-electron chi connectivity index (χ1n) is 23.3. The van der Waals surface area contributed by atoms with Gasteiger partial charge in [0.2, 0.25) is 0 Å². The highest BCUT2D eigenvalue weighted by molar-refractivity contribution is 7.00. The summed E-state index contributed by atoms with van der Waals surface area (Å²) >= 11 is 0. The second-order valence-corrected chi connectivity index (χ2v) is 19.9. The van der Waals surface area contributed by atoms with Crippen LogP contribution < -0.4 is 31.1 Å². The van der Waals surface area contributed by atoms with Crippen LogP contribution in [0.15, 0.2) is 218 Å². The lowest BCUT2D eigenvalue weighted by molar-refractivity contribution is 0.590. The lowest BCUT2D eigenvalue weighted by Gasteiger charge is -2.44. The molecule has 4 heteroatoms. The molecule has 0 unspecified atom stereocenters. The van der Waals surface area contributed by atoms with Crippen molar-refractivity contribution in [1.29, 1.82) is 0 Å². The summed E-state index contributed by atoms with van der Waals surface area (Å²) in [5.41, 5.74) is 21.8. The molecule has 3 nitrogen and oxygen atoms in total. The van der Waals surface area contributed by atoms with Gasteiger partial charge in [0.05, 0.1) is 0 Å². The summed E-state index contributed by atoms with van der Waals surface area (Å²) < 4.78 is 0. The predicted octanol–water partition coefficient (Wildman–Crippen LogP) is 15.2. The number of hydrogen-bond acceptors (Lipinski definition) is 3. The van der Waals surface area contributed by atoms with Crippen LogP contribution in [0.3, 0.4) is 0 Å². The molecule has 9 aromatic carbocycles. The van der Waals surface area contributed by atoms with E-state index in [-0.39, 0.29) is 17.5 Å². The topological polar surface area (TPSA) is 9.72 Å². The fourth-order valence-corrected chi connectivity index (χ4v) is 10.1. The summed E-state index contributed by atoms with van der Waals surface area (Å²) in [6.45, 7) is 13.8. The van der Waals surface area contributed by atoms with Crippen molar-refractivity contribution in [2.24, 2.45) is 0 Å². The third kappa shape index (κ3) is 7.27. The van der Waals surface area contributed by atoms with Crippen LogP contribution in [0.1, 0.15) is 52.7 Å². The molecule has 2 aliphatic heterocycles. The Kier molecular flexibility index (Phi) is 10.1. The molecule has 0 spiro atoms. The molecule has 2 heterocycles. The highest BCUT2D eigenvalue weighted by atomic mass is 15.2. The van der Waals surface area contributed by atoms with Gasteiger partial charge in [-0.15, -0.1) is 0 Å². The number of para-hydroxylation sites is 1. The first-order valence-corrected chi connectivity index (χ1v) is 23.3. The van der Waals surface area contributed by atoms with Gasteiger partial charge >= 0.3 is 0 Å². The second kappa shape index (κ2) is 16.2. The predicted molar refractivity (Wildman–Crippen MR) is 283 cm³/mol. The maximum absolute atomic E-state index is 2.51. The molecule has 0 saturated heterocycles. The lowest BCUT2D eigenvalue weighted by atomic mass is 9.33.